The number of aldehydes is 1. The average Bonchev–Trinajstić information content (AvgIpc) is 2.75. The summed E-state index contributed by atoms with van der Waals surface area (Å²) >= 11 is 0. The number of hydroxylamine groups is 1. The van der Waals surface area contributed by atoms with Crippen molar-refractivity contribution in [2.45, 2.75) is 89.9 Å². The molecule has 4 atom stereocenters. The van der Waals surface area contributed by atoms with Gasteiger partial charge in [0.2, 0.25) is 23.6 Å². The van der Waals surface area contributed by atoms with Crippen LogP contribution in [0.3, 0.4) is 0 Å². The second-order valence-electron chi connectivity index (χ2n) is 8.22. The minimum absolute atomic E-state index is 0.0698. The highest BCUT2D eigenvalue weighted by atomic mass is 16.5. The predicted molar refractivity (Wildman–Crippen MR) is 116 cm³/mol. The van der Waals surface area contributed by atoms with Gasteiger partial charge in [-0.3, -0.25) is 29.3 Å². The van der Waals surface area contributed by atoms with E-state index >= 15 is 0 Å². The van der Waals surface area contributed by atoms with Gasteiger partial charge in [-0.25, -0.2) is 5.48 Å². The minimum atomic E-state index is -0.839. The summed E-state index contributed by atoms with van der Waals surface area (Å²) in [6, 6.07) is -2.93. The summed E-state index contributed by atoms with van der Waals surface area (Å²) in [5.74, 6) is -1.72. The molecule has 4 amide bonds. The first kappa shape index (κ1) is 27.5. The third-order valence-corrected chi connectivity index (χ3v) is 5.51. The Balaban J connectivity index is 3.04. The number of amides is 4. The van der Waals surface area contributed by atoms with Gasteiger partial charge in [0.15, 0.2) is 0 Å². The molecule has 1 fully saturated rings. The van der Waals surface area contributed by atoms with Crippen LogP contribution in [0, 0.1) is 0 Å². The molecular formula is C21H37N5O6. The molecule has 0 saturated carbocycles. The highest BCUT2D eigenvalue weighted by Gasteiger charge is 2.32. The van der Waals surface area contributed by atoms with Crippen molar-refractivity contribution in [2.75, 3.05) is 13.1 Å². The molecule has 182 valence electrons. The summed E-state index contributed by atoms with van der Waals surface area (Å²) in [4.78, 5) is 62.6. The van der Waals surface area contributed by atoms with Crippen molar-refractivity contribution in [2.24, 2.45) is 0 Å². The lowest BCUT2D eigenvalue weighted by Gasteiger charge is -2.35. The standard InChI is InChI=1S/C21H37N5O6/c1-4-5-11-26-12-19(29)22-14(2)20(30)23-15(3)21(31)24-16(17(26)13-27)9-7-6-8-10-18(28)25-32/h13-17,32H,4-12H2,1-3H3,(H,22,29)(H,23,30)(H,24,31)(H,25,28)/t14-,15+,16-,17?/m0/s1. The van der Waals surface area contributed by atoms with Crippen LogP contribution in [0.15, 0.2) is 0 Å². The van der Waals surface area contributed by atoms with Gasteiger partial charge in [0.1, 0.15) is 18.4 Å². The van der Waals surface area contributed by atoms with Crippen LogP contribution in [0.4, 0.5) is 0 Å². The first-order valence-corrected chi connectivity index (χ1v) is 11.3. The molecular weight excluding hydrogens is 418 g/mol. The summed E-state index contributed by atoms with van der Waals surface area (Å²) < 4.78 is 0. The van der Waals surface area contributed by atoms with E-state index in [0.717, 1.165) is 19.1 Å². The molecule has 11 heteroatoms. The number of rotatable bonds is 10. The summed E-state index contributed by atoms with van der Waals surface area (Å²) in [7, 11) is 0. The topological polar surface area (TPSA) is 157 Å². The average molecular weight is 456 g/mol. The Labute approximate surface area is 189 Å². The fraction of sp³-hybridized carbons (Fsp3) is 0.762. The van der Waals surface area contributed by atoms with Crippen molar-refractivity contribution in [3.8, 4) is 0 Å². The van der Waals surface area contributed by atoms with Crippen molar-refractivity contribution in [3.05, 3.63) is 0 Å². The number of unbranched alkanes of at least 4 members (excludes halogenated alkanes) is 3. The second kappa shape index (κ2) is 14.5. The fourth-order valence-corrected chi connectivity index (χ4v) is 3.59. The van der Waals surface area contributed by atoms with Gasteiger partial charge in [0.05, 0.1) is 18.6 Å². The van der Waals surface area contributed by atoms with E-state index in [9.17, 15) is 24.0 Å². The second-order valence-corrected chi connectivity index (χ2v) is 8.22. The molecule has 0 aromatic carbocycles. The molecule has 1 aliphatic heterocycles. The number of hydrogen-bond donors (Lipinski definition) is 5. The van der Waals surface area contributed by atoms with Crippen LogP contribution in [0.5, 0.6) is 0 Å². The lowest BCUT2D eigenvalue weighted by Crippen LogP contribution is -2.60. The number of hydrogen-bond acceptors (Lipinski definition) is 7. The monoisotopic (exact) mass is 455 g/mol. The van der Waals surface area contributed by atoms with E-state index < -0.39 is 41.9 Å². The van der Waals surface area contributed by atoms with E-state index in [1.54, 1.807) is 17.3 Å². The van der Waals surface area contributed by atoms with Crippen molar-refractivity contribution in [1.82, 2.24) is 26.3 Å². The zero-order chi connectivity index (χ0) is 24.1. The molecule has 0 radical (unpaired) electrons. The Bertz CT molecular complexity index is 659. The number of nitrogens with zero attached hydrogens (tertiary/aromatic N) is 1. The van der Waals surface area contributed by atoms with Gasteiger partial charge in [-0.1, -0.05) is 26.2 Å². The first-order valence-electron chi connectivity index (χ1n) is 11.3. The van der Waals surface area contributed by atoms with Gasteiger partial charge >= 0.3 is 0 Å². The van der Waals surface area contributed by atoms with Gasteiger partial charge in [-0.05, 0) is 39.7 Å². The Morgan fingerprint density at radius 1 is 1.06 bits per heavy atom. The molecule has 5 N–H and O–H groups in total. The third-order valence-electron chi connectivity index (χ3n) is 5.51. The van der Waals surface area contributed by atoms with Crippen LogP contribution >= 0.6 is 0 Å². The van der Waals surface area contributed by atoms with Crippen LogP contribution < -0.4 is 21.4 Å². The number of carbonyl (C=O) groups excluding carboxylic acids is 5. The van der Waals surface area contributed by atoms with E-state index in [2.05, 4.69) is 16.0 Å². The zero-order valence-corrected chi connectivity index (χ0v) is 19.2. The molecule has 32 heavy (non-hydrogen) atoms. The summed E-state index contributed by atoms with van der Waals surface area (Å²) in [6.45, 7) is 5.51. The van der Waals surface area contributed by atoms with Gasteiger partial charge < -0.3 is 20.7 Å². The molecule has 1 aliphatic rings. The molecule has 1 saturated heterocycles. The molecule has 11 nitrogen and oxygen atoms in total. The van der Waals surface area contributed by atoms with Gasteiger partial charge in [0.25, 0.3) is 0 Å². The van der Waals surface area contributed by atoms with Crippen LogP contribution in [0.1, 0.15) is 65.7 Å². The van der Waals surface area contributed by atoms with Crippen molar-refractivity contribution in [3.63, 3.8) is 0 Å². The lowest BCUT2D eigenvalue weighted by atomic mass is 9.98. The molecule has 0 aliphatic carbocycles. The number of nitrogens with one attached hydrogen (secondary N) is 4. The quantitative estimate of drug-likeness (QED) is 0.130. The fourth-order valence-electron chi connectivity index (χ4n) is 3.59. The predicted octanol–water partition coefficient (Wildman–Crippen LogP) is -0.380. The van der Waals surface area contributed by atoms with Crippen LogP contribution in [0.25, 0.3) is 0 Å². The van der Waals surface area contributed by atoms with Gasteiger partial charge in [0, 0.05) is 6.42 Å². The minimum Gasteiger partial charge on any atom is -0.350 e. The third kappa shape index (κ3) is 9.31. The maximum absolute atomic E-state index is 12.7. The van der Waals surface area contributed by atoms with Gasteiger partial charge in [-0.2, -0.15) is 0 Å². The maximum Gasteiger partial charge on any atom is 0.243 e. The van der Waals surface area contributed by atoms with E-state index in [-0.39, 0.29) is 18.9 Å². The normalized spacial score (nSPS) is 25.6. The van der Waals surface area contributed by atoms with Crippen LogP contribution in [0.2, 0.25) is 0 Å². The van der Waals surface area contributed by atoms with Crippen molar-refractivity contribution >= 4 is 29.9 Å². The van der Waals surface area contributed by atoms with E-state index in [4.69, 9.17) is 5.21 Å². The highest BCUT2D eigenvalue weighted by Crippen LogP contribution is 2.14. The molecule has 1 unspecified atom stereocenters. The molecule has 1 heterocycles. The van der Waals surface area contributed by atoms with Crippen LogP contribution in [-0.2, 0) is 24.0 Å². The first-order chi connectivity index (χ1) is 15.2. The van der Waals surface area contributed by atoms with Crippen LogP contribution in [-0.4, -0.2) is 77.3 Å². The summed E-state index contributed by atoms with van der Waals surface area (Å²) in [6.07, 6.45) is 4.84. The van der Waals surface area contributed by atoms with Crippen molar-refractivity contribution in [1.29, 1.82) is 0 Å². The SMILES string of the molecule is CCCCN1CC(=O)N[C@@H](C)C(=O)N[C@H](C)C(=O)N[C@@H](CCCCCC(=O)NO)C1C=O. The summed E-state index contributed by atoms with van der Waals surface area (Å²) in [5, 5.41) is 16.6. The smallest absolute Gasteiger partial charge is 0.243 e. The molecule has 1 rings (SSSR count). The Kier molecular flexibility index (Phi) is 12.5. The van der Waals surface area contributed by atoms with Crippen molar-refractivity contribution < 1.29 is 29.2 Å². The Morgan fingerprint density at radius 2 is 1.72 bits per heavy atom. The highest BCUT2D eigenvalue weighted by molar-refractivity contribution is 5.92. The molecule has 0 bridgehead atoms. The van der Waals surface area contributed by atoms with E-state index in [1.165, 1.54) is 6.92 Å². The van der Waals surface area contributed by atoms with E-state index in [1.807, 2.05) is 6.92 Å². The molecule has 0 spiro atoms. The zero-order valence-electron chi connectivity index (χ0n) is 19.2. The van der Waals surface area contributed by atoms with E-state index in [0.29, 0.717) is 32.2 Å². The lowest BCUT2D eigenvalue weighted by molar-refractivity contribution is -0.133. The largest absolute Gasteiger partial charge is 0.350 e. The number of carbonyl (C=O) groups is 5. The Morgan fingerprint density at radius 3 is 2.34 bits per heavy atom. The molecule has 0 aromatic heterocycles. The maximum atomic E-state index is 12.7. The Hall–Kier alpha value is -2.53. The summed E-state index contributed by atoms with van der Waals surface area (Å²) in [5.41, 5.74) is 1.59. The van der Waals surface area contributed by atoms with Gasteiger partial charge in [-0.15, -0.1) is 0 Å². The molecule has 0 aromatic rings.